The van der Waals surface area contributed by atoms with Crippen LogP contribution in [0.2, 0.25) is 0 Å². The first-order chi connectivity index (χ1) is 6.73. The summed E-state index contributed by atoms with van der Waals surface area (Å²) in [5.41, 5.74) is 7.28. The van der Waals surface area contributed by atoms with E-state index in [0.717, 1.165) is 12.2 Å². The smallest absolute Gasteiger partial charge is 0.0948 e. The van der Waals surface area contributed by atoms with E-state index in [4.69, 9.17) is 5.73 Å². The summed E-state index contributed by atoms with van der Waals surface area (Å²) in [6.45, 7) is 4.05. The van der Waals surface area contributed by atoms with Crippen LogP contribution in [-0.2, 0) is 13.1 Å². The van der Waals surface area contributed by atoms with Crippen LogP contribution in [0.3, 0.4) is 0 Å². The Hall–Kier alpha value is -0.830. The highest BCUT2D eigenvalue weighted by Crippen LogP contribution is 2.39. The van der Waals surface area contributed by atoms with Gasteiger partial charge in [-0.15, -0.1) is 0 Å². The highest BCUT2D eigenvalue weighted by molar-refractivity contribution is 4.98. The van der Waals surface area contributed by atoms with Crippen molar-refractivity contribution in [2.75, 3.05) is 0 Å². The number of rotatable bonds is 3. The number of hydrogen-bond donors (Lipinski definition) is 1. The summed E-state index contributed by atoms with van der Waals surface area (Å²) < 4.78 is 2.21. The van der Waals surface area contributed by atoms with E-state index in [-0.39, 0.29) is 0 Å². The van der Waals surface area contributed by atoms with Crippen molar-refractivity contribution in [1.82, 2.24) is 9.55 Å². The molecule has 2 rings (SSSR count). The molecule has 1 heterocycles. The van der Waals surface area contributed by atoms with Gasteiger partial charge in [0, 0.05) is 19.3 Å². The summed E-state index contributed by atoms with van der Waals surface area (Å²) >= 11 is 0. The lowest BCUT2D eigenvalue weighted by molar-refractivity contribution is 0.278. The first-order valence-electron chi connectivity index (χ1n) is 5.43. The quantitative estimate of drug-likeness (QED) is 0.797. The van der Waals surface area contributed by atoms with Crippen LogP contribution in [0.25, 0.3) is 0 Å². The van der Waals surface area contributed by atoms with Crippen LogP contribution in [0.1, 0.15) is 38.3 Å². The van der Waals surface area contributed by atoms with E-state index in [1.54, 1.807) is 0 Å². The molecule has 0 atom stereocenters. The Morgan fingerprint density at radius 1 is 1.50 bits per heavy atom. The number of imidazole rings is 1. The predicted octanol–water partition coefficient (Wildman–Crippen LogP) is 1.92. The first kappa shape index (κ1) is 9.71. The van der Waals surface area contributed by atoms with Crippen molar-refractivity contribution in [3.63, 3.8) is 0 Å². The summed E-state index contributed by atoms with van der Waals surface area (Å²) in [5.74, 6) is 0. The minimum absolute atomic E-state index is 0.477. The van der Waals surface area contributed by atoms with Gasteiger partial charge in [-0.25, -0.2) is 4.98 Å². The molecular formula is C11H19N3. The van der Waals surface area contributed by atoms with E-state index < -0.39 is 0 Å². The molecule has 1 aromatic heterocycles. The Bertz CT molecular complexity index is 297. The van der Waals surface area contributed by atoms with Gasteiger partial charge < -0.3 is 10.3 Å². The zero-order valence-electron chi connectivity index (χ0n) is 8.87. The van der Waals surface area contributed by atoms with Crippen molar-refractivity contribution < 1.29 is 0 Å². The van der Waals surface area contributed by atoms with Crippen LogP contribution in [0, 0.1) is 5.41 Å². The molecule has 78 valence electrons. The van der Waals surface area contributed by atoms with Crippen LogP contribution >= 0.6 is 0 Å². The molecule has 1 aromatic rings. The molecule has 0 bridgehead atoms. The number of nitrogens with zero attached hydrogens (tertiary/aromatic N) is 2. The van der Waals surface area contributed by atoms with Crippen molar-refractivity contribution in [2.45, 2.75) is 45.7 Å². The van der Waals surface area contributed by atoms with Gasteiger partial charge in [0.25, 0.3) is 0 Å². The molecule has 0 unspecified atom stereocenters. The Morgan fingerprint density at radius 3 is 2.86 bits per heavy atom. The number of aromatic nitrogens is 2. The van der Waals surface area contributed by atoms with Crippen molar-refractivity contribution in [3.8, 4) is 0 Å². The van der Waals surface area contributed by atoms with Gasteiger partial charge in [-0.2, -0.15) is 0 Å². The number of nitrogens with two attached hydrogens (primary N) is 1. The molecule has 1 fully saturated rings. The van der Waals surface area contributed by atoms with Gasteiger partial charge in [-0.1, -0.05) is 19.8 Å². The fourth-order valence-corrected chi connectivity index (χ4v) is 2.46. The SMILES string of the molecule is CC1(Cn2cncc2CN)CCCC1. The maximum absolute atomic E-state index is 5.65. The summed E-state index contributed by atoms with van der Waals surface area (Å²) in [7, 11) is 0. The summed E-state index contributed by atoms with van der Waals surface area (Å²) in [5, 5.41) is 0. The first-order valence-corrected chi connectivity index (χ1v) is 5.43. The highest BCUT2D eigenvalue weighted by Gasteiger charge is 2.29. The molecule has 14 heavy (non-hydrogen) atoms. The van der Waals surface area contributed by atoms with Crippen molar-refractivity contribution in [1.29, 1.82) is 0 Å². The average Bonchev–Trinajstić information content (AvgIpc) is 2.75. The molecule has 0 radical (unpaired) electrons. The van der Waals surface area contributed by atoms with Gasteiger partial charge in [-0.05, 0) is 18.3 Å². The van der Waals surface area contributed by atoms with Crippen LogP contribution < -0.4 is 5.73 Å². The molecule has 0 aromatic carbocycles. The molecule has 3 heteroatoms. The molecule has 1 aliphatic rings. The lowest BCUT2D eigenvalue weighted by Crippen LogP contribution is -2.21. The minimum Gasteiger partial charge on any atom is -0.333 e. The van der Waals surface area contributed by atoms with Crippen LogP contribution in [0.4, 0.5) is 0 Å². The second-order valence-corrected chi connectivity index (χ2v) is 4.73. The van der Waals surface area contributed by atoms with Gasteiger partial charge in [-0.3, -0.25) is 0 Å². The summed E-state index contributed by atoms with van der Waals surface area (Å²) in [4.78, 5) is 4.15. The van der Waals surface area contributed by atoms with Gasteiger partial charge >= 0.3 is 0 Å². The molecular weight excluding hydrogens is 174 g/mol. The molecule has 0 amide bonds. The van der Waals surface area contributed by atoms with E-state index in [1.807, 2.05) is 12.5 Å². The summed E-state index contributed by atoms with van der Waals surface area (Å²) in [6, 6.07) is 0. The van der Waals surface area contributed by atoms with Crippen LogP contribution in [-0.4, -0.2) is 9.55 Å². The molecule has 0 saturated heterocycles. The van der Waals surface area contributed by atoms with Gasteiger partial charge in [0.05, 0.1) is 12.0 Å². The monoisotopic (exact) mass is 193 g/mol. The van der Waals surface area contributed by atoms with Gasteiger partial charge in [0.1, 0.15) is 0 Å². The standard InChI is InChI=1S/C11H19N3/c1-11(4-2-3-5-11)8-14-9-13-7-10(14)6-12/h7,9H,2-6,8,12H2,1H3. The van der Waals surface area contributed by atoms with Crippen molar-refractivity contribution in [3.05, 3.63) is 18.2 Å². The van der Waals surface area contributed by atoms with Gasteiger partial charge in [0.2, 0.25) is 0 Å². The Morgan fingerprint density at radius 2 is 2.21 bits per heavy atom. The van der Waals surface area contributed by atoms with Crippen LogP contribution in [0.15, 0.2) is 12.5 Å². The maximum atomic E-state index is 5.65. The Balaban J connectivity index is 2.09. The zero-order valence-corrected chi connectivity index (χ0v) is 8.87. The lowest BCUT2D eigenvalue weighted by atomic mass is 9.89. The summed E-state index contributed by atoms with van der Waals surface area (Å²) in [6.07, 6.45) is 9.22. The molecule has 0 aliphatic heterocycles. The molecule has 1 saturated carbocycles. The third-order valence-electron chi connectivity index (χ3n) is 3.37. The highest BCUT2D eigenvalue weighted by atomic mass is 15.1. The fraction of sp³-hybridized carbons (Fsp3) is 0.727. The average molecular weight is 193 g/mol. The zero-order chi connectivity index (χ0) is 10.0. The molecule has 0 spiro atoms. The lowest BCUT2D eigenvalue weighted by Gasteiger charge is -2.24. The van der Waals surface area contributed by atoms with E-state index in [2.05, 4.69) is 16.5 Å². The second kappa shape index (κ2) is 3.73. The topological polar surface area (TPSA) is 43.8 Å². The van der Waals surface area contributed by atoms with Gasteiger partial charge in [0.15, 0.2) is 0 Å². The normalized spacial score (nSPS) is 20.1. The van der Waals surface area contributed by atoms with E-state index in [1.165, 1.54) is 25.7 Å². The fourth-order valence-electron chi connectivity index (χ4n) is 2.46. The van der Waals surface area contributed by atoms with Crippen molar-refractivity contribution in [2.24, 2.45) is 11.1 Å². The number of hydrogen-bond acceptors (Lipinski definition) is 2. The second-order valence-electron chi connectivity index (χ2n) is 4.73. The molecule has 3 nitrogen and oxygen atoms in total. The largest absolute Gasteiger partial charge is 0.333 e. The Labute approximate surface area is 85.3 Å². The molecule has 1 aliphatic carbocycles. The third kappa shape index (κ3) is 1.82. The van der Waals surface area contributed by atoms with E-state index in [9.17, 15) is 0 Å². The maximum Gasteiger partial charge on any atom is 0.0948 e. The van der Waals surface area contributed by atoms with E-state index >= 15 is 0 Å². The third-order valence-corrected chi connectivity index (χ3v) is 3.37. The minimum atomic E-state index is 0.477. The molecule has 2 N–H and O–H groups in total. The predicted molar refractivity (Wildman–Crippen MR) is 56.7 cm³/mol. The Kier molecular flexibility index (Phi) is 2.59. The van der Waals surface area contributed by atoms with Crippen molar-refractivity contribution >= 4 is 0 Å². The van der Waals surface area contributed by atoms with Crippen LogP contribution in [0.5, 0.6) is 0 Å². The van der Waals surface area contributed by atoms with E-state index in [0.29, 0.717) is 12.0 Å².